The van der Waals surface area contributed by atoms with Gasteiger partial charge in [0.2, 0.25) is 5.95 Å². The van der Waals surface area contributed by atoms with Gasteiger partial charge in [0.15, 0.2) is 0 Å². The summed E-state index contributed by atoms with van der Waals surface area (Å²) < 4.78 is 7.30. The van der Waals surface area contributed by atoms with Crippen molar-refractivity contribution in [1.82, 2.24) is 14.8 Å². The number of rotatable bonds is 2. The van der Waals surface area contributed by atoms with Crippen molar-refractivity contribution in [2.24, 2.45) is 0 Å². The lowest BCUT2D eigenvalue weighted by Gasteiger charge is -2.21. The topological polar surface area (TPSA) is 66.0 Å². The van der Waals surface area contributed by atoms with Crippen LogP contribution in [0.3, 0.4) is 0 Å². The molecule has 1 saturated heterocycles. The molecule has 1 aliphatic rings. The normalized spacial score (nSPS) is 23.2. The maximum Gasteiger partial charge on any atom is 0.239 e. The molecule has 72 valence electrons. The number of ether oxygens (including phenoxy) is 1. The largest absolute Gasteiger partial charge is 0.376 e. The van der Waals surface area contributed by atoms with Crippen molar-refractivity contribution in [3.63, 3.8) is 0 Å². The summed E-state index contributed by atoms with van der Waals surface area (Å²) in [7, 11) is 0. The van der Waals surface area contributed by atoms with Crippen molar-refractivity contribution >= 4 is 5.95 Å². The highest BCUT2D eigenvalue weighted by Gasteiger charge is 2.14. The Morgan fingerprint density at radius 3 is 3.15 bits per heavy atom. The van der Waals surface area contributed by atoms with Gasteiger partial charge < -0.3 is 10.5 Å². The van der Waals surface area contributed by atoms with Crippen LogP contribution in [0.4, 0.5) is 5.95 Å². The lowest BCUT2D eigenvalue weighted by Crippen LogP contribution is -2.24. The zero-order valence-electron chi connectivity index (χ0n) is 7.52. The molecule has 1 aromatic rings. The highest BCUT2D eigenvalue weighted by molar-refractivity contribution is 5.09. The maximum absolute atomic E-state index is 5.56. The molecule has 0 aromatic carbocycles. The molecule has 1 aromatic heterocycles. The van der Waals surface area contributed by atoms with Gasteiger partial charge in [-0.1, -0.05) is 0 Å². The van der Waals surface area contributed by atoms with Crippen molar-refractivity contribution < 1.29 is 4.74 Å². The minimum Gasteiger partial charge on any atom is -0.376 e. The standard InChI is InChI=1S/C8H14N4O/c9-8-10-6-12(11-8)5-7-3-1-2-4-13-7/h6-7H,1-5H2,(H2,9,11). The molecule has 5 heteroatoms. The third kappa shape index (κ3) is 2.18. The molecule has 13 heavy (non-hydrogen) atoms. The second-order valence-corrected chi connectivity index (χ2v) is 3.31. The minimum absolute atomic E-state index is 0.287. The predicted octanol–water partition coefficient (Wildman–Crippen LogP) is 0.429. The molecule has 2 rings (SSSR count). The summed E-state index contributed by atoms with van der Waals surface area (Å²) >= 11 is 0. The molecular weight excluding hydrogens is 168 g/mol. The van der Waals surface area contributed by atoms with Gasteiger partial charge in [0.05, 0.1) is 12.6 Å². The first kappa shape index (κ1) is 8.50. The van der Waals surface area contributed by atoms with E-state index in [0.29, 0.717) is 5.95 Å². The quantitative estimate of drug-likeness (QED) is 0.720. The van der Waals surface area contributed by atoms with Crippen LogP contribution in [-0.4, -0.2) is 27.5 Å². The molecule has 0 saturated carbocycles. The number of nitrogens with zero attached hydrogens (tertiary/aromatic N) is 3. The second-order valence-electron chi connectivity index (χ2n) is 3.31. The van der Waals surface area contributed by atoms with Crippen LogP contribution in [-0.2, 0) is 11.3 Å². The van der Waals surface area contributed by atoms with Crippen LogP contribution in [0, 0.1) is 0 Å². The van der Waals surface area contributed by atoms with Crippen LogP contribution in [0.25, 0.3) is 0 Å². The Hall–Kier alpha value is -1.10. The number of nitrogens with two attached hydrogens (primary N) is 1. The molecule has 0 radical (unpaired) electrons. The summed E-state index contributed by atoms with van der Waals surface area (Å²) in [6, 6.07) is 0. The van der Waals surface area contributed by atoms with Gasteiger partial charge in [-0.2, -0.15) is 0 Å². The van der Waals surface area contributed by atoms with E-state index in [2.05, 4.69) is 10.1 Å². The SMILES string of the molecule is Nc1ncn(CC2CCCCO2)n1. The minimum atomic E-state index is 0.287. The van der Waals surface area contributed by atoms with Crippen LogP contribution in [0.2, 0.25) is 0 Å². The average molecular weight is 182 g/mol. The van der Waals surface area contributed by atoms with E-state index >= 15 is 0 Å². The molecule has 0 spiro atoms. The van der Waals surface area contributed by atoms with Crippen molar-refractivity contribution in [3.8, 4) is 0 Å². The first-order valence-corrected chi connectivity index (χ1v) is 4.61. The highest BCUT2D eigenvalue weighted by atomic mass is 16.5. The molecule has 1 fully saturated rings. The summed E-state index contributed by atoms with van der Waals surface area (Å²) in [6.45, 7) is 1.64. The van der Waals surface area contributed by atoms with Crippen molar-refractivity contribution in [2.45, 2.75) is 31.9 Å². The first-order valence-electron chi connectivity index (χ1n) is 4.61. The molecule has 1 unspecified atom stereocenters. The van der Waals surface area contributed by atoms with Gasteiger partial charge in [0.25, 0.3) is 0 Å². The summed E-state index contributed by atoms with van der Waals surface area (Å²) in [4.78, 5) is 3.86. The van der Waals surface area contributed by atoms with E-state index in [1.807, 2.05) is 0 Å². The van der Waals surface area contributed by atoms with Crippen LogP contribution in [0.1, 0.15) is 19.3 Å². The van der Waals surface area contributed by atoms with Crippen molar-refractivity contribution in [2.75, 3.05) is 12.3 Å². The van der Waals surface area contributed by atoms with Crippen LogP contribution < -0.4 is 5.73 Å². The molecule has 0 bridgehead atoms. The fourth-order valence-electron chi connectivity index (χ4n) is 1.56. The third-order valence-electron chi connectivity index (χ3n) is 2.22. The summed E-state index contributed by atoms with van der Waals surface area (Å²) in [5, 5.41) is 4.01. The lowest BCUT2D eigenvalue weighted by molar-refractivity contribution is 0.00398. The highest BCUT2D eigenvalue weighted by Crippen LogP contribution is 2.13. The number of anilines is 1. The Kier molecular flexibility index (Phi) is 2.44. The number of hydrogen-bond acceptors (Lipinski definition) is 4. The lowest BCUT2D eigenvalue weighted by atomic mass is 10.1. The Morgan fingerprint density at radius 1 is 1.62 bits per heavy atom. The zero-order valence-corrected chi connectivity index (χ0v) is 7.52. The summed E-state index contributed by atoms with van der Waals surface area (Å²) in [6.07, 6.45) is 5.47. The van der Waals surface area contributed by atoms with E-state index < -0.39 is 0 Å². The van der Waals surface area contributed by atoms with Gasteiger partial charge in [-0.25, -0.2) is 9.67 Å². The van der Waals surface area contributed by atoms with Gasteiger partial charge in [-0.05, 0) is 19.3 Å². The zero-order chi connectivity index (χ0) is 9.10. The van der Waals surface area contributed by atoms with Crippen LogP contribution >= 0.6 is 0 Å². The van der Waals surface area contributed by atoms with Gasteiger partial charge in [-0.15, -0.1) is 5.10 Å². The number of hydrogen-bond donors (Lipinski definition) is 1. The summed E-state index contributed by atoms with van der Waals surface area (Å²) in [5.41, 5.74) is 5.40. The fraction of sp³-hybridized carbons (Fsp3) is 0.750. The van der Waals surface area contributed by atoms with Crippen LogP contribution in [0.15, 0.2) is 6.33 Å². The Bertz CT molecular complexity index is 267. The summed E-state index contributed by atoms with van der Waals surface area (Å²) in [5.74, 6) is 0.329. The second kappa shape index (κ2) is 3.74. The molecule has 2 heterocycles. The molecule has 2 N–H and O–H groups in total. The van der Waals surface area contributed by atoms with E-state index in [-0.39, 0.29) is 6.10 Å². The average Bonchev–Trinajstić information content (AvgIpc) is 2.53. The fourth-order valence-corrected chi connectivity index (χ4v) is 1.56. The molecule has 1 atom stereocenters. The van der Waals surface area contributed by atoms with Gasteiger partial charge in [0, 0.05) is 6.61 Å². The van der Waals surface area contributed by atoms with E-state index in [9.17, 15) is 0 Å². The van der Waals surface area contributed by atoms with E-state index in [1.54, 1.807) is 11.0 Å². The van der Waals surface area contributed by atoms with Crippen molar-refractivity contribution in [3.05, 3.63) is 6.33 Å². The maximum atomic E-state index is 5.56. The number of nitrogen functional groups attached to an aromatic ring is 1. The van der Waals surface area contributed by atoms with E-state index in [1.165, 1.54) is 12.8 Å². The smallest absolute Gasteiger partial charge is 0.239 e. The Balaban J connectivity index is 1.89. The van der Waals surface area contributed by atoms with Crippen molar-refractivity contribution in [1.29, 1.82) is 0 Å². The Morgan fingerprint density at radius 2 is 2.54 bits per heavy atom. The van der Waals surface area contributed by atoms with Gasteiger partial charge in [0.1, 0.15) is 6.33 Å². The molecule has 0 amide bonds. The van der Waals surface area contributed by atoms with Crippen LogP contribution in [0.5, 0.6) is 0 Å². The molecular formula is C8H14N4O. The first-order chi connectivity index (χ1) is 6.34. The van der Waals surface area contributed by atoms with Gasteiger partial charge in [-0.3, -0.25) is 0 Å². The Labute approximate surface area is 76.9 Å². The van der Waals surface area contributed by atoms with E-state index in [0.717, 1.165) is 19.6 Å². The number of aromatic nitrogens is 3. The molecule has 1 aliphatic heterocycles. The van der Waals surface area contributed by atoms with Gasteiger partial charge >= 0.3 is 0 Å². The molecule has 5 nitrogen and oxygen atoms in total. The molecule has 0 aliphatic carbocycles. The monoisotopic (exact) mass is 182 g/mol. The predicted molar refractivity (Wildman–Crippen MR) is 48.0 cm³/mol. The van der Waals surface area contributed by atoms with E-state index in [4.69, 9.17) is 10.5 Å². The third-order valence-corrected chi connectivity index (χ3v) is 2.22.